The molecule has 2 atom stereocenters. The van der Waals surface area contributed by atoms with Gasteiger partial charge in [-0.2, -0.15) is 0 Å². The zero-order chi connectivity index (χ0) is 23.1. The number of aliphatic carboxylic acids is 1. The third-order valence-electron chi connectivity index (χ3n) is 5.56. The van der Waals surface area contributed by atoms with Gasteiger partial charge in [0.05, 0.1) is 0 Å². The van der Waals surface area contributed by atoms with Crippen molar-refractivity contribution in [2.24, 2.45) is 0 Å². The van der Waals surface area contributed by atoms with Gasteiger partial charge in [-0.1, -0.05) is 61.9 Å². The van der Waals surface area contributed by atoms with Crippen LogP contribution in [0.5, 0.6) is 0 Å². The number of carbonyl (C=O) groups excluding carboxylic acids is 2. The normalized spacial score (nSPS) is 14.1. The molecule has 0 spiro atoms. The fraction of sp³-hybridized carbons (Fsp3) is 0.375. The van der Waals surface area contributed by atoms with Crippen LogP contribution < -0.4 is 10.6 Å². The zero-order valence-electron chi connectivity index (χ0n) is 17.9. The Morgan fingerprint density at radius 2 is 1.53 bits per heavy atom. The van der Waals surface area contributed by atoms with Crippen molar-refractivity contribution >= 4 is 18.0 Å². The lowest BCUT2D eigenvalue weighted by Gasteiger charge is -2.21. The number of amides is 2. The number of rotatable bonds is 10. The summed E-state index contributed by atoms with van der Waals surface area (Å²) in [5.74, 6) is -1.97. The first kappa shape index (κ1) is 23.3. The van der Waals surface area contributed by atoms with Crippen LogP contribution in [0.1, 0.15) is 43.2 Å². The molecule has 1 unspecified atom stereocenters. The predicted molar refractivity (Wildman–Crippen MR) is 118 cm³/mol. The summed E-state index contributed by atoms with van der Waals surface area (Å²) in [6, 6.07) is 13.8. The molecule has 32 heavy (non-hydrogen) atoms. The summed E-state index contributed by atoms with van der Waals surface area (Å²) >= 11 is 0. The summed E-state index contributed by atoms with van der Waals surface area (Å²) in [5.41, 5.74) is 4.39. The first-order chi connectivity index (χ1) is 15.5. The molecule has 0 heterocycles. The highest BCUT2D eigenvalue weighted by Crippen LogP contribution is 2.44. The summed E-state index contributed by atoms with van der Waals surface area (Å²) in [6.45, 7) is 1.58. The third kappa shape index (κ3) is 5.26. The molecule has 0 saturated heterocycles. The van der Waals surface area contributed by atoms with Crippen molar-refractivity contribution in [3.05, 3.63) is 59.7 Å². The molecular formula is C24H28N2O6. The number of aliphatic hydroxyl groups excluding tert-OH is 1. The van der Waals surface area contributed by atoms with Crippen molar-refractivity contribution in [3.63, 3.8) is 0 Å². The van der Waals surface area contributed by atoms with Gasteiger partial charge in [-0.3, -0.25) is 4.79 Å². The van der Waals surface area contributed by atoms with Gasteiger partial charge in [0.1, 0.15) is 18.7 Å². The van der Waals surface area contributed by atoms with Crippen LogP contribution in [0.2, 0.25) is 0 Å². The second kappa shape index (κ2) is 10.8. The number of hydrogen-bond donors (Lipinski definition) is 4. The standard InChI is InChI=1S/C24H28N2O6/c1-2-7-20(22(28)25-21(12-13-27)23(29)30)26-24(31)32-14-19-17-10-5-3-8-15(17)16-9-4-6-11-18(16)19/h3-6,8-11,19-21,27H,2,7,12-14H2,1H3,(H,25,28)(H,26,31)(H,29,30)/t20?,21-/m0/s1. The van der Waals surface area contributed by atoms with Gasteiger partial charge in [-0.05, 0) is 28.7 Å². The van der Waals surface area contributed by atoms with Crippen LogP contribution in [0.4, 0.5) is 4.79 Å². The van der Waals surface area contributed by atoms with Gasteiger partial charge in [0, 0.05) is 18.9 Å². The average Bonchev–Trinajstić information content (AvgIpc) is 3.10. The summed E-state index contributed by atoms with van der Waals surface area (Å²) in [6.07, 6.45) is 0.0562. The average molecular weight is 440 g/mol. The summed E-state index contributed by atoms with van der Waals surface area (Å²) in [5, 5.41) is 23.1. The van der Waals surface area contributed by atoms with E-state index in [1.54, 1.807) is 0 Å². The van der Waals surface area contributed by atoms with Crippen molar-refractivity contribution in [1.29, 1.82) is 0 Å². The van der Waals surface area contributed by atoms with Crippen molar-refractivity contribution in [2.45, 2.75) is 44.2 Å². The van der Waals surface area contributed by atoms with Gasteiger partial charge in [0.25, 0.3) is 0 Å². The SMILES string of the molecule is CCCC(NC(=O)OCC1c2ccccc2-c2ccccc21)C(=O)N[C@@H](CCO)C(=O)O. The summed E-state index contributed by atoms with van der Waals surface area (Å²) in [7, 11) is 0. The first-order valence-electron chi connectivity index (χ1n) is 10.7. The van der Waals surface area contributed by atoms with E-state index < -0.39 is 30.1 Å². The molecule has 8 nitrogen and oxygen atoms in total. The molecule has 2 amide bonds. The molecule has 0 aliphatic heterocycles. The molecular weight excluding hydrogens is 412 g/mol. The molecule has 1 aliphatic carbocycles. The molecule has 4 N–H and O–H groups in total. The number of ether oxygens (including phenoxy) is 1. The molecule has 0 bridgehead atoms. The number of benzene rings is 2. The van der Waals surface area contributed by atoms with Crippen LogP contribution in [0.3, 0.4) is 0 Å². The quantitative estimate of drug-likeness (QED) is 0.450. The van der Waals surface area contributed by atoms with Gasteiger partial charge < -0.3 is 25.6 Å². The fourth-order valence-electron chi connectivity index (χ4n) is 4.00. The number of carboxylic acids is 1. The number of aliphatic hydroxyl groups is 1. The lowest BCUT2D eigenvalue weighted by Crippen LogP contribution is -2.52. The van der Waals surface area contributed by atoms with E-state index in [0.717, 1.165) is 22.3 Å². The van der Waals surface area contributed by atoms with Gasteiger partial charge in [-0.25, -0.2) is 9.59 Å². The minimum atomic E-state index is -1.25. The van der Waals surface area contributed by atoms with E-state index in [1.807, 2.05) is 55.5 Å². The van der Waals surface area contributed by atoms with Gasteiger partial charge >= 0.3 is 12.1 Å². The fourth-order valence-corrected chi connectivity index (χ4v) is 4.00. The molecule has 0 saturated carbocycles. The van der Waals surface area contributed by atoms with E-state index in [0.29, 0.717) is 12.8 Å². The number of alkyl carbamates (subject to hydrolysis) is 1. The molecule has 3 rings (SSSR count). The smallest absolute Gasteiger partial charge is 0.407 e. The summed E-state index contributed by atoms with van der Waals surface area (Å²) < 4.78 is 5.48. The highest BCUT2D eigenvalue weighted by atomic mass is 16.5. The van der Waals surface area contributed by atoms with E-state index in [-0.39, 0.29) is 25.6 Å². The Morgan fingerprint density at radius 3 is 2.06 bits per heavy atom. The van der Waals surface area contributed by atoms with E-state index in [9.17, 15) is 19.5 Å². The lowest BCUT2D eigenvalue weighted by atomic mass is 9.98. The first-order valence-corrected chi connectivity index (χ1v) is 10.7. The van der Waals surface area contributed by atoms with Gasteiger partial charge in [-0.15, -0.1) is 0 Å². The van der Waals surface area contributed by atoms with Crippen LogP contribution in [0.25, 0.3) is 11.1 Å². The molecule has 0 fully saturated rings. The number of nitrogens with one attached hydrogen (secondary N) is 2. The maximum atomic E-state index is 12.5. The Balaban J connectivity index is 1.64. The Hall–Kier alpha value is -3.39. The topological polar surface area (TPSA) is 125 Å². The van der Waals surface area contributed by atoms with Crippen LogP contribution in [-0.2, 0) is 14.3 Å². The Bertz CT molecular complexity index is 931. The Labute approximate surface area is 186 Å². The van der Waals surface area contributed by atoms with Gasteiger partial charge in [0.2, 0.25) is 5.91 Å². The lowest BCUT2D eigenvalue weighted by molar-refractivity contribution is -0.142. The molecule has 2 aromatic rings. The van der Waals surface area contributed by atoms with E-state index in [4.69, 9.17) is 9.84 Å². The highest BCUT2D eigenvalue weighted by Gasteiger charge is 2.30. The predicted octanol–water partition coefficient (Wildman–Crippen LogP) is 2.65. The van der Waals surface area contributed by atoms with Crippen LogP contribution >= 0.6 is 0 Å². The van der Waals surface area contributed by atoms with E-state index >= 15 is 0 Å². The zero-order valence-corrected chi connectivity index (χ0v) is 17.9. The van der Waals surface area contributed by atoms with Gasteiger partial charge in [0.15, 0.2) is 0 Å². The second-order valence-corrected chi connectivity index (χ2v) is 7.72. The Morgan fingerprint density at radius 1 is 0.938 bits per heavy atom. The molecule has 2 aromatic carbocycles. The van der Waals surface area contributed by atoms with Crippen molar-refractivity contribution < 1.29 is 29.3 Å². The molecule has 0 radical (unpaired) electrons. The highest BCUT2D eigenvalue weighted by molar-refractivity contribution is 5.89. The molecule has 8 heteroatoms. The van der Waals surface area contributed by atoms with Crippen LogP contribution in [0, 0.1) is 0 Å². The number of carbonyl (C=O) groups is 3. The van der Waals surface area contributed by atoms with Crippen molar-refractivity contribution in [1.82, 2.24) is 10.6 Å². The monoisotopic (exact) mass is 440 g/mol. The minimum absolute atomic E-state index is 0.104. The molecule has 0 aromatic heterocycles. The third-order valence-corrected chi connectivity index (χ3v) is 5.56. The van der Waals surface area contributed by atoms with Crippen molar-refractivity contribution in [2.75, 3.05) is 13.2 Å². The Kier molecular flexibility index (Phi) is 7.83. The molecule has 170 valence electrons. The summed E-state index contributed by atoms with van der Waals surface area (Å²) in [4.78, 5) is 36.2. The van der Waals surface area contributed by atoms with E-state index in [1.165, 1.54) is 0 Å². The number of fused-ring (bicyclic) bond motifs is 3. The van der Waals surface area contributed by atoms with Crippen molar-refractivity contribution in [3.8, 4) is 11.1 Å². The number of hydrogen-bond acceptors (Lipinski definition) is 5. The van der Waals surface area contributed by atoms with Crippen LogP contribution in [-0.4, -0.2) is 53.5 Å². The largest absolute Gasteiger partial charge is 0.480 e. The maximum Gasteiger partial charge on any atom is 0.407 e. The van der Waals surface area contributed by atoms with Crippen LogP contribution in [0.15, 0.2) is 48.5 Å². The maximum absolute atomic E-state index is 12.5. The second-order valence-electron chi connectivity index (χ2n) is 7.72. The van der Waals surface area contributed by atoms with E-state index in [2.05, 4.69) is 10.6 Å². The number of carboxylic acid groups (broad SMARTS) is 1. The minimum Gasteiger partial charge on any atom is -0.480 e. The molecule has 1 aliphatic rings.